The highest BCUT2D eigenvalue weighted by atomic mass is 35.5. The van der Waals surface area contributed by atoms with Crippen LogP contribution in [-0.2, 0) is 40.8 Å². The Morgan fingerprint density at radius 3 is 0.842 bits per heavy atom. The third-order valence-electron chi connectivity index (χ3n) is 20.7. The predicted molar refractivity (Wildman–Crippen MR) is 448 cm³/mol. The van der Waals surface area contributed by atoms with Crippen LogP contribution in [0.25, 0.3) is 43.1 Å². The van der Waals surface area contributed by atoms with E-state index < -0.39 is 59.5 Å². The number of fused-ring (bicyclic) bond motifs is 2. The van der Waals surface area contributed by atoms with Gasteiger partial charge in [-0.15, -0.1) is 0 Å². The number of rotatable bonds is 24. The van der Waals surface area contributed by atoms with Crippen molar-refractivity contribution in [3.63, 3.8) is 0 Å². The molecule has 0 spiro atoms. The maximum Gasteiger partial charge on any atom is 0.334 e. The normalized spacial score (nSPS) is 13.6. The number of nitrogens with zero attached hydrogens (tertiary/aromatic N) is 2. The maximum atomic E-state index is 16.6. The molecule has 2 heterocycles. The number of imide groups is 2. The zero-order valence-corrected chi connectivity index (χ0v) is 67.9. The molecule has 114 heavy (non-hydrogen) atoms. The monoisotopic (exact) mass is 1570 g/mol. The van der Waals surface area contributed by atoms with Crippen molar-refractivity contribution in [3.05, 3.63) is 238 Å². The van der Waals surface area contributed by atoms with Crippen LogP contribution < -0.4 is 39.1 Å². The topological polar surface area (TPSA) is 222 Å². The number of hydrogen-bond acceptors (Lipinski definition) is 14. The minimum atomic E-state index is -1.56. The summed E-state index contributed by atoms with van der Waals surface area (Å²) in [5.41, 5.74) is 2.88. The fourth-order valence-corrected chi connectivity index (χ4v) is 14.7. The van der Waals surface area contributed by atoms with Gasteiger partial charge in [-0.1, -0.05) is 220 Å². The van der Waals surface area contributed by atoms with Crippen molar-refractivity contribution in [2.45, 2.75) is 169 Å². The van der Waals surface area contributed by atoms with Gasteiger partial charge in [0.05, 0.1) is 32.3 Å². The molecule has 0 fully saturated rings. The summed E-state index contributed by atoms with van der Waals surface area (Å²) < 4.78 is 41.7. The summed E-state index contributed by atoms with van der Waals surface area (Å²) in [6, 6.07) is 45.1. The summed E-state index contributed by atoms with van der Waals surface area (Å²) in [6.45, 7) is 35.9. The van der Waals surface area contributed by atoms with Crippen molar-refractivity contribution >= 4 is 125 Å². The Kier molecular flexibility index (Phi) is 22.0. The molecular weight excluding hydrogens is 1480 g/mol. The summed E-state index contributed by atoms with van der Waals surface area (Å²) in [5, 5.41) is 6.31. The van der Waals surface area contributed by atoms with Crippen molar-refractivity contribution in [2.24, 2.45) is 0 Å². The van der Waals surface area contributed by atoms with Crippen molar-refractivity contribution < 1.29 is 66.8 Å². The number of halogens is 2. The molecule has 2 N–H and O–H groups in total. The van der Waals surface area contributed by atoms with Crippen LogP contribution in [0.2, 0.25) is 0 Å². The number of carbonyl (C=O) groups is 8. The number of anilines is 2. The molecule has 2 aliphatic heterocycles. The molecule has 0 radical (unpaired) electrons. The molecular formula is C94H90Cl2N4O14. The molecule has 11 aromatic rings. The standard InChI is InChI=1S/C94H90Cl2N4O14/c1-17-19-27-69(89(107)113-63-25-21-23-57(45-63)97-83(101)51(3)95)99-85(103)65-47-71(109-59-37-29-53(30-38-59)91(5,6)7)77-79-73(111-61-41-33-55(34-42-61)93(11,12)13)49-67-76-68(88(106)100(87(67)105)70(28-20-18-2)90(108)114-64-26-22-24-58(46-64)98-84(102)52(4)96)50-74(112-62-43-35-56(36-44-62)94(14,15)16)80(82(76)79)78-72(48-66(86(99)104)75(65)81(77)78)110-60-39-31-54(32-40-60)92(8,9)10/h21-26,29-50,69-70H,3-4,17-20,27-28H2,1-2,5-16H3,(H,97,101)(H,98,102). The second-order valence-corrected chi connectivity index (χ2v) is 34.0. The molecule has 2 unspecified atom stereocenters. The van der Waals surface area contributed by atoms with Crippen LogP contribution in [0, 0.1) is 0 Å². The Morgan fingerprint density at radius 1 is 0.360 bits per heavy atom. The van der Waals surface area contributed by atoms with Crippen LogP contribution in [0.3, 0.4) is 0 Å². The third-order valence-corrected chi connectivity index (χ3v) is 21.0. The number of ether oxygens (including phenoxy) is 6. The smallest absolute Gasteiger partial charge is 0.334 e. The van der Waals surface area contributed by atoms with E-state index in [4.69, 9.17) is 51.6 Å². The Hall–Kier alpha value is -11.9. The Morgan fingerprint density at radius 2 is 0.614 bits per heavy atom. The molecule has 2 aliphatic rings. The molecule has 20 heteroatoms. The highest BCUT2D eigenvalue weighted by molar-refractivity contribution is 6.46. The molecule has 18 nitrogen and oxygen atoms in total. The van der Waals surface area contributed by atoms with Crippen LogP contribution in [0.4, 0.5) is 11.4 Å². The Balaban J connectivity index is 1.16. The summed E-state index contributed by atoms with van der Waals surface area (Å²) in [5.74, 6) is -5.47. The average Bonchev–Trinajstić information content (AvgIpc) is 0.670. The summed E-state index contributed by atoms with van der Waals surface area (Å²) in [6.07, 6.45) is 1.71. The summed E-state index contributed by atoms with van der Waals surface area (Å²) in [7, 11) is 0. The van der Waals surface area contributed by atoms with E-state index in [0.29, 0.717) is 48.7 Å². The molecule has 584 valence electrons. The number of amides is 6. The number of hydrogen-bond donors (Lipinski definition) is 2. The molecule has 2 atom stereocenters. The fourth-order valence-electron chi connectivity index (χ4n) is 14.6. The van der Waals surface area contributed by atoms with Crippen molar-refractivity contribution in [2.75, 3.05) is 10.6 Å². The summed E-state index contributed by atoms with van der Waals surface area (Å²) >= 11 is 11.9. The number of benzene rings is 11. The van der Waals surface area contributed by atoms with Gasteiger partial charge in [-0.05, 0) is 154 Å². The minimum absolute atomic E-state index is 0.0152. The van der Waals surface area contributed by atoms with E-state index in [0.717, 1.165) is 32.1 Å². The van der Waals surface area contributed by atoms with Crippen LogP contribution in [0.15, 0.2) is 193 Å². The minimum Gasteiger partial charge on any atom is -0.457 e. The quantitative estimate of drug-likeness (QED) is 0.0143. The lowest BCUT2D eigenvalue weighted by Crippen LogP contribution is -2.52. The van der Waals surface area contributed by atoms with Gasteiger partial charge in [0.15, 0.2) is 0 Å². The van der Waals surface area contributed by atoms with Gasteiger partial charge in [0.25, 0.3) is 35.4 Å². The highest BCUT2D eigenvalue weighted by Crippen LogP contribution is 2.59. The number of nitrogens with one attached hydrogen (secondary N) is 2. The molecule has 6 amide bonds. The van der Waals surface area contributed by atoms with Gasteiger partial charge >= 0.3 is 11.9 Å². The van der Waals surface area contributed by atoms with E-state index in [9.17, 15) is 9.59 Å². The molecule has 0 saturated heterocycles. The van der Waals surface area contributed by atoms with Crippen molar-refractivity contribution in [1.82, 2.24) is 9.80 Å². The number of carbonyl (C=O) groups excluding carboxylic acids is 8. The number of esters is 2. The van der Waals surface area contributed by atoms with E-state index in [1.54, 1.807) is 48.5 Å². The van der Waals surface area contributed by atoms with Crippen molar-refractivity contribution in [3.8, 4) is 57.5 Å². The lowest BCUT2D eigenvalue weighted by molar-refractivity contribution is -0.139. The van der Waals surface area contributed by atoms with Gasteiger partial charge in [-0.3, -0.25) is 38.6 Å². The predicted octanol–water partition coefficient (Wildman–Crippen LogP) is 23.0. The largest absolute Gasteiger partial charge is 0.457 e. The Bertz CT molecular complexity index is 5160. The first kappa shape index (κ1) is 80.2. The van der Waals surface area contributed by atoms with Gasteiger partial charge in [0.1, 0.15) is 69.6 Å². The second kappa shape index (κ2) is 31.3. The molecule has 0 aliphatic carbocycles. The van der Waals surface area contributed by atoms with E-state index >= 15 is 28.8 Å². The van der Waals surface area contributed by atoms with E-state index in [2.05, 4.69) is 107 Å². The van der Waals surface area contributed by atoms with Crippen LogP contribution in [0.5, 0.6) is 57.5 Å². The number of unbranched alkanes of at least 4 members (excludes halogenated alkanes) is 2. The third kappa shape index (κ3) is 16.0. The van der Waals surface area contributed by atoms with Crippen LogP contribution in [0.1, 0.15) is 199 Å². The zero-order valence-electron chi connectivity index (χ0n) is 66.3. The first-order valence-electron chi connectivity index (χ1n) is 38.1. The van der Waals surface area contributed by atoms with Gasteiger partial charge in [-0.2, -0.15) is 0 Å². The van der Waals surface area contributed by atoms with Gasteiger partial charge in [0.2, 0.25) is 0 Å². The molecule has 0 saturated carbocycles. The molecule has 13 rings (SSSR count). The Labute approximate surface area is 672 Å². The molecule has 0 bridgehead atoms. The summed E-state index contributed by atoms with van der Waals surface area (Å²) in [4.78, 5) is 124. The van der Waals surface area contributed by atoms with Gasteiger partial charge in [0, 0.05) is 66.6 Å². The average molecular weight is 1570 g/mol. The highest BCUT2D eigenvalue weighted by Gasteiger charge is 2.47. The maximum absolute atomic E-state index is 16.6. The first-order chi connectivity index (χ1) is 53.9. The van der Waals surface area contributed by atoms with Crippen LogP contribution in [-0.4, -0.2) is 69.3 Å². The first-order valence-corrected chi connectivity index (χ1v) is 38.9. The van der Waals surface area contributed by atoms with E-state index in [1.807, 2.05) is 111 Å². The molecule has 11 aromatic carbocycles. The van der Waals surface area contributed by atoms with E-state index in [-0.39, 0.29) is 156 Å². The fraction of sp³-hybridized carbons (Fsp3) is 0.277. The second-order valence-electron chi connectivity index (χ2n) is 33.1. The van der Waals surface area contributed by atoms with E-state index in [1.165, 1.54) is 24.3 Å². The van der Waals surface area contributed by atoms with Gasteiger partial charge in [-0.25, -0.2) is 9.59 Å². The van der Waals surface area contributed by atoms with Crippen LogP contribution >= 0.6 is 23.2 Å². The zero-order chi connectivity index (χ0) is 81.9. The van der Waals surface area contributed by atoms with Crippen molar-refractivity contribution in [1.29, 1.82) is 0 Å². The lowest BCUT2D eigenvalue weighted by Gasteiger charge is -2.35. The SMILES string of the molecule is C=C(Cl)C(=O)Nc1cccc(OC(=O)C(CCCC)N2C(=O)c3cc(Oc4ccc(C(C)(C)C)cc4)c4c5c(Oc6ccc(C(C)(C)C)cc6)cc6c7c(cc(Oc8ccc(C(C)(C)C)cc8)c(c8c(Oc9ccc(C(C)(C)C)cc9)cc(c3c48)C2=O)c75)C(=O)N(C(CCCC)C(=O)Oc2cccc(NC(=O)C(=C)Cl)c2)C6=O)c1. The lowest BCUT2D eigenvalue weighted by atomic mass is 9.80. The van der Waals surface area contributed by atoms with Gasteiger partial charge < -0.3 is 39.1 Å². The molecule has 0 aromatic heterocycles.